The van der Waals surface area contributed by atoms with E-state index in [-0.39, 0.29) is 0 Å². The SMILES string of the molecule is CCNC(=NCCCNS(C)(=O)=O)NN. The molecule has 7 nitrogen and oxygen atoms in total. The van der Waals surface area contributed by atoms with Gasteiger partial charge in [0.15, 0.2) is 0 Å². The summed E-state index contributed by atoms with van der Waals surface area (Å²) in [6, 6.07) is 0. The predicted octanol–water partition coefficient (Wildman–Crippen LogP) is -1.65. The molecule has 0 unspecified atom stereocenters. The highest BCUT2D eigenvalue weighted by molar-refractivity contribution is 7.88. The van der Waals surface area contributed by atoms with Gasteiger partial charge in [-0.05, 0) is 13.3 Å². The Bertz CT molecular complexity index is 288. The molecule has 0 amide bonds. The Hall–Kier alpha value is -0.860. The van der Waals surface area contributed by atoms with Crippen LogP contribution in [-0.2, 0) is 10.0 Å². The summed E-state index contributed by atoms with van der Waals surface area (Å²) >= 11 is 0. The summed E-state index contributed by atoms with van der Waals surface area (Å²) in [5, 5.41) is 2.91. The lowest BCUT2D eigenvalue weighted by molar-refractivity contribution is 0.585. The molecule has 0 aliphatic heterocycles. The van der Waals surface area contributed by atoms with Crippen LogP contribution in [-0.4, -0.2) is 40.3 Å². The second kappa shape index (κ2) is 7.43. The maximum absolute atomic E-state index is 10.7. The summed E-state index contributed by atoms with van der Waals surface area (Å²) < 4.78 is 23.8. The van der Waals surface area contributed by atoms with Gasteiger partial charge in [0.05, 0.1) is 6.26 Å². The van der Waals surface area contributed by atoms with Crippen molar-refractivity contribution in [3.8, 4) is 0 Å². The van der Waals surface area contributed by atoms with E-state index in [4.69, 9.17) is 5.84 Å². The second-order valence-electron chi connectivity index (χ2n) is 2.93. The Kier molecular flexibility index (Phi) is 7.01. The van der Waals surface area contributed by atoms with Crippen molar-refractivity contribution < 1.29 is 8.42 Å². The van der Waals surface area contributed by atoms with Gasteiger partial charge >= 0.3 is 0 Å². The zero-order valence-electron chi connectivity index (χ0n) is 9.08. The molecule has 0 aromatic heterocycles. The first-order valence-electron chi connectivity index (χ1n) is 4.69. The van der Waals surface area contributed by atoms with Crippen LogP contribution in [0.25, 0.3) is 0 Å². The third-order valence-electron chi connectivity index (χ3n) is 1.45. The number of sulfonamides is 1. The first-order chi connectivity index (χ1) is 6.99. The molecule has 0 aromatic carbocycles. The Labute approximate surface area is 90.5 Å². The van der Waals surface area contributed by atoms with E-state index in [0.29, 0.717) is 25.5 Å². The molecule has 0 fully saturated rings. The Balaban J connectivity index is 3.68. The minimum atomic E-state index is -3.10. The van der Waals surface area contributed by atoms with Crippen LogP contribution in [0.4, 0.5) is 0 Å². The molecule has 8 heteroatoms. The van der Waals surface area contributed by atoms with Crippen molar-refractivity contribution in [2.24, 2.45) is 10.8 Å². The van der Waals surface area contributed by atoms with Gasteiger partial charge in [0.25, 0.3) is 0 Å². The smallest absolute Gasteiger partial charge is 0.208 e. The van der Waals surface area contributed by atoms with Gasteiger partial charge < -0.3 is 5.32 Å². The number of aliphatic imine (C=N–C) groups is 1. The van der Waals surface area contributed by atoms with E-state index >= 15 is 0 Å². The highest BCUT2D eigenvalue weighted by atomic mass is 32.2. The van der Waals surface area contributed by atoms with Crippen molar-refractivity contribution in [2.45, 2.75) is 13.3 Å². The molecule has 0 atom stereocenters. The lowest BCUT2D eigenvalue weighted by atomic mass is 10.4. The van der Waals surface area contributed by atoms with Gasteiger partial charge in [-0.2, -0.15) is 0 Å². The lowest BCUT2D eigenvalue weighted by Crippen LogP contribution is -2.41. The molecule has 90 valence electrons. The molecule has 0 bridgehead atoms. The summed E-state index contributed by atoms with van der Waals surface area (Å²) in [5.41, 5.74) is 2.41. The van der Waals surface area contributed by atoms with Crippen molar-refractivity contribution >= 4 is 16.0 Å². The van der Waals surface area contributed by atoms with Gasteiger partial charge in [0, 0.05) is 19.6 Å². The first kappa shape index (κ1) is 14.1. The first-order valence-corrected chi connectivity index (χ1v) is 6.58. The molecule has 0 saturated heterocycles. The third-order valence-corrected chi connectivity index (χ3v) is 2.18. The number of rotatable bonds is 6. The van der Waals surface area contributed by atoms with Crippen LogP contribution in [0.3, 0.4) is 0 Å². The topological polar surface area (TPSA) is 109 Å². The molecule has 15 heavy (non-hydrogen) atoms. The van der Waals surface area contributed by atoms with Crippen LogP contribution in [0.15, 0.2) is 4.99 Å². The van der Waals surface area contributed by atoms with Crippen LogP contribution in [0.5, 0.6) is 0 Å². The zero-order valence-corrected chi connectivity index (χ0v) is 9.89. The van der Waals surface area contributed by atoms with E-state index in [1.807, 2.05) is 6.92 Å². The fraction of sp³-hybridized carbons (Fsp3) is 0.857. The van der Waals surface area contributed by atoms with Crippen LogP contribution in [0, 0.1) is 0 Å². The largest absolute Gasteiger partial charge is 0.356 e. The molecule has 0 heterocycles. The fourth-order valence-electron chi connectivity index (χ4n) is 0.848. The minimum absolute atomic E-state index is 0.381. The Morgan fingerprint density at radius 1 is 1.47 bits per heavy atom. The van der Waals surface area contributed by atoms with E-state index in [2.05, 4.69) is 20.5 Å². The molecule has 5 N–H and O–H groups in total. The highest BCUT2D eigenvalue weighted by Crippen LogP contribution is 1.82. The number of nitrogens with one attached hydrogen (secondary N) is 3. The maximum Gasteiger partial charge on any atom is 0.208 e. The van der Waals surface area contributed by atoms with Gasteiger partial charge in [-0.15, -0.1) is 0 Å². The average molecular weight is 237 g/mol. The molecule has 0 spiro atoms. The molecule has 0 rings (SSSR count). The van der Waals surface area contributed by atoms with Crippen molar-refractivity contribution in [2.75, 3.05) is 25.9 Å². The molecule has 0 aliphatic rings. The number of hydrogen-bond acceptors (Lipinski definition) is 4. The standard InChI is InChI=1S/C7H19N5O2S/c1-3-9-7(12-8)10-5-4-6-11-15(2,13)14/h11H,3-6,8H2,1-2H3,(H2,9,10,12). The summed E-state index contributed by atoms with van der Waals surface area (Å²) in [7, 11) is -3.10. The van der Waals surface area contributed by atoms with Crippen LogP contribution >= 0.6 is 0 Å². The predicted molar refractivity (Wildman–Crippen MR) is 60.8 cm³/mol. The monoisotopic (exact) mass is 237 g/mol. The Morgan fingerprint density at radius 3 is 2.60 bits per heavy atom. The number of hydrogen-bond donors (Lipinski definition) is 4. The summed E-state index contributed by atoms with van der Waals surface area (Å²) in [6.45, 7) is 3.55. The van der Waals surface area contributed by atoms with Gasteiger partial charge in [-0.1, -0.05) is 0 Å². The Morgan fingerprint density at radius 2 is 2.13 bits per heavy atom. The van der Waals surface area contributed by atoms with E-state index < -0.39 is 10.0 Å². The van der Waals surface area contributed by atoms with Gasteiger partial charge in [-0.3, -0.25) is 10.4 Å². The number of nitrogens with zero attached hydrogens (tertiary/aromatic N) is 1. The normalized spacial score (nSPS) is 12.6. The van der Waals surface area contributed by atoms with Gasteiger partial charge in [-0.25, -0.2) is 19.0 Å². The number of hydrazine groups is 1. The van der Waals surface area contributed by atoms with Gasteiger partial charge in [0.1, 0.15) is 0 Å². The van der Waals surface area contributed by atoms with E-state index in [9.17, 15) is 8.42 Å². The zero-order chi connectivity index (χ0) is 11.7. The van der Waals surface area contributed by atoms with Gasteiger partial charge in [0.2, 0.25) is 16.0 Å². The number of guanidine groups is 1. The minimum Gasteiger partial charge on any atom is -0.356 e. The fourth-order valence-corrected chi connectivity index (χ4v) is 1.36. The second-order valence-corrected chi connectivity index (χ2v) is 4.76. The van der Waals surface area contributed by atoms with Crippen molar-refractivity contribution in [1.29, 1.82) is 0 Å². The quantitative estimate of drug-likeness (QED) is 0.146. The summed E-state index contributed by atoms with van der Waals surface area (Å²) in [5.74, 6) is 5.70. The van der Waals surface area contributed by atoms with E-state index in [1.165, 1.54) is 0 Å². The third kappa shape index (κ3) is 9.44. The van der Waals surface area contributed by atoms with E-state index in [1.54, 1.807) is 0 Å². The van der Waals surface area contributed by atoms with E-state index in [0.717, 1.165) is 12.8 Å². The van der Waals surface area contributed by atoms with Crippen LogP contribution in [0.1, 0.15) is 13.3 Å². The van der Waals surface area contributed by atoms with Crippen LogP contribution in [0.2, 0.25) is 0 Å². The molecule has 0 aromatic rings. The van der Waals surface area contributed by atoms with Crippen LogP contribution < -0.4 is 21.3 Å². The van der Waals surface area contributed by atoms with Crippen molar-refractivity contribution in [1.82, 2.24) is 15.5 Å². The maximum atomic E-state index is 10.7. The lowest BCUT2D eigenvalue weighted by Gasteiger charge is -2.06. The van der Waals surface area contributed by atoms with Crippen molar-refractivity contribution in [3.63, 3.8) is 0 Å². The highest BCUT2D eigenvalue weighted by Gasteiger charge is 1.98. The average Bonchev–Trinajstić information content (AvgIpc) is 2.14. The molecular formula is C7H19N5O2S. The van der Waals surface area contributed by atoms with Crippen molar-refractivity contribution in [3.05, 3.63) is 0 Å². The summed E-state index contributed by atoms with van der Waals surface area (Å²) in [4.78, 5) is 4.09. The molecular weight excluding hydrogens is 218 g/mol. The molecule has 0 saturated carbocycles. The summed E-state index contributed by atoms with van der Waals surface area (Å²) in [6.07, 6.45) is 1.76. The molecule has 0 radical (unpaired) electrons. The molecule has 0 aliphatic carbocycles. The number of nitrogens with two attached hydrogens (primary N) is 1.